The second-order valence-electron chi connectivity index (χ2n) is 2.31. The number of anilines is 1. The molecule has 12 heavy (non-hydrogen) atoms. The zero-order valence-electron chi connectivity index (χ0n) is 6.66. The minimum atomic E-state index is -3.79. The molecule has 1 rings (SSSR count). The molecule has 0 spiro atoms. The Morgan fingerprint density at radius 2 is 2.08 bits per heavy atom. The molecule has 0 aromatic carbocycles. The summed E-state index contributed by atoms with van der Waals surface area (Å²) in [7, 11) is -3.79. The van der Waals surface area contributed by atoms with Crippen LogP contribution in [0.3, 0.4) is 0 Å². The highest BCUT2D eigenvalue weighted by atomic mass is 32.2. The summed E-state index contributed by atoms with van der Waals surface area (Å²) in [5.41, 5.74) is 0.626. The third-order valence-corrected chi connectivity index (χ3v) is 1.72. The van der Waals surface area contributed by atoms with Gasteiger partial charge in [-0.1, -0.05) is 0 Å². The number of nitrogens with one attached hydrogen (secondary N) is 1. The Morgan fingerprint density at radius 3 is 2.42 bits per heavy atom. The number of nitrogens with zero attached hydrogens (tertiary/aromatic N) is 1. The molecule has 0 aliphatic carbocycles. The Morgan fingerprint density at radius 1 is 1.50 bits per heavy atom. The standard InChI is InChI=1S/C5H9N3O3S/c1-3-4(2)11-5(7-3)8-12(6,9)10/h1-2H3,(H,7,8)(H2,6,9,10). The van der Waals surface area contributed by atoms with Crippen molar-refractivity contribution in [2.75, 3.05) is 4.72 Å². The second kappa shape index (κ2) is 2.76. The molecule has 3 N–H and O–H groups in total. The van der Waals surface area contributed by atoms with Crippen molar-refractivity contribution in [3.63, 3.8) is 0 Å². The quantitative estimate of drug-likeness (QED) is 0.682. The van der Waals surface area contributed by atoms with E-state index in [0.29, 0.717) is 11.5 Å². The molecule has 68 valence electrons. The molecule has 7 heteroatoms. The molecule has 0 amide bonds. The molecule has 1 aromatic rings. The first-order valence-electron chi connectivity index (χ1n) is 3.13. The maximum Gasteiger partial charge on any atom is 0.310 e. The van der Waals surface area contributed by atoms with Gasteiger partial charge < -0.3 is 4.42 Å². The highest BCUT2D eigenvalue weighted by molar-refractivity contribution is 7.90. The Kier molecular flexibility index (Phi) is 2.07. The van der Waals surface area contributed by atoms with Crippen LogP contribution in [-0.4, -0.2) is 13.4 Å². The Hall–Kier alpha value is -1.08. The number of nitrogens with two attached hydrogens (primary N) is 1. The van der Waals surface area contributed by atoms with E-state index in [1.165, 1.54) is 0 Å². The zero-order valence-corrected chi connectivity index (χ0v) is 7.47. The number of aromatic nitrogens is 1. The van der Waals surface area contributed by atoms with E-state index < -0.39 is 10.2 Å². The Labute approximate surface area is 70.0 Å². The first kappa shape index (κ1) is 9.01. The van der Waals surface area contributed by atoms with E-state index in [1.54, 1.807) is 13.8 Å². The highest BCUT2D eigenvalue weighted by Crippen LogP contribution is 2.12. The fourth-order valence-corrected chi connectivity index (χ4v) is 0.969. The van der Waals surface area contributed by atoms with Gasteiger partial charge in [0.05, 0.1) is 5.69 Å². The SMILES string of the molecule is Cc1nc(NS(N)(=O)=O)oc1C. The second-order valence-corrected chi connectivity index (χ2v) is 3.60. The van der Waals surface area contributed by atoms with Crippen molar-refractivity contribution in [1.82, 2.24) is 4.98 Å². The van der Waals surface area contributed by atoms with E-state index in [-0.39, 0.29) is 6.01 Å². The van der Waals surface area contributed by atoms with Gasteiger partial charge in [-0.25, -0.2) is 9.86 Å². The fraction of sp³-hybridized carbons (Fsp3) is 0.400. The lowest BCUT2D eigenvalue weighted by Crippen LogP contribution is -2.21. The summed E-state index contributed by atoms with van der Waals surface area (Å²) in [6.45, 7) is 3.38. The van der Waals surface area contributed by atoms with E-state index in [4.69, 9.17) is 4.42 Å². The van der Waals surface area contributed by atoms with E-state index in [9.17, 15) is 8.42 Å². The third kappa shape index (κ3) is 2.21. The van der Waals surface area contributed by atoms with Crippen LogP contribution in [0.25, 0.3) is 0 Å². The van der Waals surface area contributed by atoms with Gasteiger partial charge in [0.15, 0.2) is 0 Å². The fourth-order valence-electron chi connectivity index (χ4n) is 0.638. The van der Waals surface area contributed by atoms with Crippen molar-refractivity contribution < 1.29 is 12.8 Å². The van der Waals surface area contributed by atoms with E-state index in [2.05, 4.69) is 10.1 Å². The van der Waals surface area contributed by atoms with Crippen molar-refractivity contribution in [2.24, 2.45) is 5.14 Å². The van der Waals surface area contributed by atoms with Gasteiger partial charge in [0, 0.05) is 0 Å². The zero-order chi connectivity index (χ0) is 9.35. The summed E-state index contributed by atoms with van der Waals surface area (Å²) in [5.74, 6) is 0.557. The summed E-state index contributed by atoms with van der Waals surface area (Å²) < 4.78 is 27.8. The summed E-state index contributed by atoms with van der Waals surface area (Å²) in [6.07, 6.45) is 0. The van der Waals surface area contributed by atoms with Gasteiger partial charge in [-0.15, -0.1) is 0 Å². The van der Waals surface area contributed by atoms with Crippen LogP contribution >= 0.6 is 0 Å². The van der Waals surface area contributed by atoms with Crippen LogP contribution in [0.2, 0.25) is 0 Å². The van der Waals surface area contributed by atoms with Crippen molar-refractivity contribution in [3.05, 3.63) is 11.5 Å². The molecule has 1 heterocycles. The van der Waals surface area contributed by atoms with Gasteiger partial charge >= 0.3 is 6.01 Å². The first-order chi connectivity index (χ1) is 5.38. The molecular formula is C5H9N3O3S. The van der Waals surface area contributed by atoms with Gasteiger partial charge in [0.1, 0.15) is 5.76 Å². The average molecular weight is 191 g/mol. The van der Waals surface area contributed by atoms with E-state index in [0.717, 1.165) is 0 Å². The van der Waals surface area contributed by atoms with Crippen LogP contribution in [0.4, 0.5) is 6.01 Å². The van der Waals surface area contributed by atoms with Crippen LogP contribution in [0.5, 0.6) is 0 Å². The number of hydrogen-bond donors (Lipinski definition) is 2. The van der Waals surface area contributed by atoms with Crippen molar-refractivity contribution >= 4 is 16.2 Å². The summed E-state index contributed by atoms with van der Waals surface area (Å²) >= 11 is 0. The van der Waals surface area contributed by atoms with Gasteiger partial charge in [-0.2, -0.15) is 13.4 Å². The molecule has 0 aliphatic heterocycles. The largest absolute Gasteiger partial charge is 0.428 e. The summed E-state index contributed by atoms with van der Waals surface area (Å²) in [6, 6.07) is -0.104. The van der Waals surface area contributed by atoms with Crippen molar-refractivity contribution in [1.29, 1.82) is 0 Å². The van der Waals surface area contributed by atoms with E-state index >= 15 is 0 Å². The van der Waals surface area contributed by atoms with E-state index in [1.807, 2.05) is 4.72 Å². The maximum atomic E-state index is 10.5. The van der Waals surface area contributed by atoms with Gasteiger partial charge in [0.25, 0.3) is 10.2 Å². The summed E-state index contributed by atoms with van der Waals surface area (Å²) in [4.78, 5) is 3.76. The molecule has 0 bridgehead atoms. The Balaban J connectivity index is 2.92. The molecule has 0 unspecified atom stereocenters. The van der Waals surface area contributed by atoms with Crippen LogP contribution in [0.1, 0.15) is 11.5 Å². The number of aryl methyl sites for hydroxylation is 2. The highest BCUT2D eigenvalue weighted by Gasteiger charge is 2.09. The summed E-state index contributed by atoms with van der Waals surface area (Å²) in [5, 5.41) is 4.69. The third-order valence-electron chi connectivity index (χ3n) is 1.26. The molecule has 0 saturated heterocycles. The number of rotatable bonds is 2. The lowest BCUT2D eigenvalue weighted by molar-refractivity contribution is 0.542. The van der Waals surface area contributed by atoms with Crippen LogP contribution in [0, 0.1) is 13.8 Å². The van der Waals surface area contributed by atoms with Crippen LogP contribution < -0.4 is 9.86 Å². The molecular weight excluding hydrogens is 182 g/mol. The molecule has 6 nitrogen and oxygen atoms in total. The van der Waals surface area contributed by atoms with Crippen molar-refractivity contribution in [2.45, 2.75) is 13.8 Å². The predicted molar refractivity (Wildman–Crippen MR) is 42.7 cm³/mol. The van der Waals surface area contributed by atoms with Crippen LogP contribution in [0.15, 0.2) is 4.42 Å². The smallest absolute Gasteiger partial charge is 0.310 e. The molecule has 0 radical (unpaired) electrons. The van der Waals surface area contributed by atoms with Crippen molar-refractivity contribution in [3.8, 4) is 0 Å². The monoisotopic (exact) mass is 191 g/mol. The average Bonchev–Trinajstić information content (AvgIpc) is 2.07. The van der Waals surface area contributed by atoms with Crippen LogP contribution in [-0.2, 0) is 10.2 Å². The molecule has 0 saturated carbocycles. The maximum absolute atomic E-state index is 10.5. The number of hydrogen-bond acceptors (Lipinski definition) is 4. The normalized spacial score (nSPS) is 11.6. The molecule has 0 aliphatic rings. The Bertz CT molecular complexity index is 361. The predicted octanol–water partition coefficient (Wildman–Crippen LogP) is -0.0932. The lowest BCUT2D eigenvalue weighted by atomic mass is 10.4. The minimum absolute atomic E-state index is 0.104. The topological polar surface area (TPSA) is 98.2 Å². The molecule has 0 atom stereocenters. The van der Waals surface area contributed by atoms with Gasteiger partial charge in [-0.3, -0.25) is 0 Å². The van der Waals surface area contributed by atoms with Gasteiger partial charge in [-0.05, 0) is 13.8 Å². The molecule has 0 fully saturated rings. The molecule has 1 aromatic heterocycles. The number of oxazole rings is 1. The minimum Gasteiger partial charge on any atom is -0.428 e. The van der Waals surface area contributed by atoms with Gasteiger partial charge in [0.2, 0.25) is 0 Å². The lowest BCUT2D eigenvalue weighted by Gasteiger charge is -1.94. The first-order valence-corrected chi connectivity index (χ1v) is 4.67.